The van der Waals surface area contributed by atoms with Gasteiger partial charge in [0.2, 0.25) is 0 Å². The number of carboxylic acids is 2. The van der Waals surface area contributed by atoms with Crippen LogP contribution in [0.25, 0.3) is 11.5 Å². The van der Waals surface area contributed by atoms with Gasteiger partial charge in [0.1, 0.15) is 6.61 Å². The van der Waals surface area contributed by atoms with Crippen LogP contribution < -0.4 is 5.11 Å². The van der Waals surface area contributed by atoms with Gasteiger partial charge in [-0.3, -0.25) is 0 Å². The minimum absolute atomic E-state index is 0. The van der Waals surface area contributed by atoms with Crippen molar-refractivity contribution in [2.75, 3.05) is 26.2 Å². The van der Waals surface area contributed by atoms with Gasteiger partial charge in [0.05, 0.1) is 12.5 Å². The molecule has 10 heteroatoms. The smallest absolute Gasteiger partial charge is 0.359 e. The third-order valence-electron chi connectivity index (χ3n) is 7.53. The van der Waals surface area contributed by atoms with Crippen LogP contribution in [0, 0.1) is 12.5 Å². The number of allylic oxidation sites excluding steroid dienone is 9. The van der Waals surface area contributed by atoms with Gasteiger partial charge in [0, 0.05) is 21.1 Å². The first-order valence-electron chi connectivity index (χ1n) is 14.6. The summed E-state index contributed by atoms with van der Waals surface area (Å²) in [6, 6.07) is -0.160. The number of aliphatic carboxylic acids is 2. The SMILES string of the molecule is [CH2-][N+](CC(=O)[O-])(CC(=O)O)CC(=O)OC/C(C)=C/C=C/C(C)=C/C=C/C1=C(C)CCCC1(C)C.[NH-][C@@H]1CCCC[C@H]1[NH-].[Pt]. The summed E-state index contributed by atoms with van der Waals surface area (Å²) in [4.78, 5) is 33.9. The second-order valence-electron chi connectivity index (χ2n) is 12.3. The van der Waals surface area contributed by atoms with Crippen LogP contribution in [0.2, 0.25) is 0 Å². The van der Waals surface area contributed by atoms with E-state index in [0.717, 1.165) is 30.4 Å². The molecule has 9 nitrogen and oxygen atoms in total. The topological polar surface area (TPSA) is 151 Å². The third-order valence-corrected chi connectivity index (χ3v) is 7.53. The largest absolute Gasteiger partial charge is 0.676 e. The van der Waals surface area contributed by atoms with E-state index in [-0.39, 0.29) is 45.2 Å². The van der Waals surface area contributed by atoms with Crippen molar-refractivity contribution in [2.24, 2.45) is 5.41 Å². The molecule has 0 aliphatic heterocycles. The molecule has 0 heterocycles. The number of carbonyl (C=O) groups excluding carboxylic acids is 2. The van der Waals surface area contributed by atoms with Crippen LogP contribution in [0.3, 0.4) is 0 Å². The summed E-state index contributed by atoms with van der Waals surface area (Å²) in [6.07, 6.45) is 19.8. The molecule has 43 heavy (non-hydrogen) atoms. The van der Waals surface area contributed by atoms with Crippen molar-refractivity contribution in [3.8, 4) is 0 Å². The van der Waals surface area contributed by atoms with E-state index in [1.54, 1.807) is 6.92 Å². The number of hydrogen-bond donors (Lipinski definition) is 1. The number of ether oxygens (including phenoxy) is 1. The Morgan fingerprint density at radius 2 is 1.65 bits per heavy atom. The summed E-state index contributed by atoms with van der Waals surface area (Å²) in [5.74, 6) is -3.48. The molecule has 2 aliphatic carbocycles. The van der Waals surface area contributed by atoms with E-state index in [2.05, 4.69) is 46.0 Å². The van der Waals surface area contributed by atoms with Crippen LogP contribution in [0.1, 0.15) is 79.6 Å². The van der Waals surface area contributed by atoms with Gasteiger partial charge in [-0.2, -0.15) is 12.1 Å². The molecule has 2 aliphatic rings. The first kappa shape index (κ1) is 40.7. The molecule has 0 spiro atoms. The maximum atomic E-state index is 12.1. The average Bonchev–Trinajstić information content (AvgIpc) is 2.85. The second-order valence-corrected chi connectivity index (χ2v) is 12.3. The monoisotopic (exact) mass is 779 g/mol. The van der Waals surface area contributed by atoms with Crippen LogP contribution in [0.15, 0.2) is 58.7 Å². The predicted octanol–water partition coefficient (Wildman–Crippen LogP) is 5.90. The zero-order chi connectivity index (χ0) is 31.9. The summed E-state index contributed by atoms with van der Waals surface area (Å²) in [6.45, 7) is 8.78. The zero-order valence-electron chi connectivity index (χ0n) is 26.4. The number of nitrogens with one attached hydrogen (secondary N) is 2. The number of esters is 1. The van der Waals surface area contributed by atoms with E-state index in [4.69, 9.17) is 21.3 Å². The second kappa shape index (κ2) is 19.9. The Morgan fingerprint density at radius 3 is 2.16 bits per heavy atom. The van der Waals surface area contributed by atoms with E-state index >= 15 is 0 Å². The Labute approximate surface area is 272 Å². The predicted molar refractivity (Wildman–Crippen MR) is 165 cm³/mol. The van der Waals surface area contributed by atoms with Gasteiger partial charge in [-0.1, -0.05) is 87.1 Å². The Hall–Kier alpha value is -2.32. The summed E-state index contributed by atoms with van der Waals surface area (Å²) in [7, 11) is 3.55. The summed E-state index contributed by atoms with van der Waals surface area (Å²) < 4.78 is 4.37. The van der Waals surface area contributed by atoms with Gasteiger partial charge in [-0.15, -0.1) is 7.05 Å². The molecule has 0 saturated heterocycles. The first-order valence-corrected chi connectivity index (χ1v) is 14.6. The molecule has 0 aromatic heterocycles. The fourth-order valence-corrected chi connectivity index (χ4v) is 5.15. The molecule has 3 atom stereocenters. The molecule has 1 unspecified atom stereocenters. The molecule has 246 valence electrons. The Kier molecular flexibility index (Phi) is 18.8. The van der Waals surface area contributed by atoms with Crippen molar-refractivity contribution in [3.63, 3.8) is 0 Å². The molecule has 1 saturated carbocycles. The van der Waals surface area contributed by atoms with Crippen molar-refractivity contribution in [1.82, 2.24) is 0 Å². The normalized spacial score (nSPS) is 22.3. The molecule has 0 amide bonds. The van der Waals surface area contributed by atoms with Crippen LogP contribution in [0.5, 0.6) is 0 Å². The van der Waals surface area contributed by atoms with E-state index in [1.165, 1.54) is 36.8 Å². The molecule has 0 radical (unpaired) electrons. The number of hydrogen-bond acceptors (Lipinski definition) is 5. The van der Waals surface area contributed by atoms with E-state index < -0.39 is 42.0 Å². The minimum Gasteiger partial charge on any atom is -0.676 e. The van der Waals surface area contributed by atoms with Crippen molar-refractivity contribution < 1.29 is 54.9 Å². The number of carbonyl (C=O) groups is 3. The van der Waals surface area contributed by atoms with Crippen molar-refractivity contribution in [2.45, 2.75) is 91.6 Å². The number of carboxylic acid groups (broad SMARTS) is 2. The summed E-state index contributed by atoms with van der Waals surface area (Å²) in [5, 5.41) is 19.8. The third kappa shape index (κ3) is 16.9. The molecular formula is C33H50N3O6Pt-3. The fraction of sp³-hybridized carbons (Fsp3) is 0.576. The van der Waals surface area contributed by atoms with Gasteiger partial charge in [0.25, 0.3) is 0 Å². The Bertz CT molecular complexity index is 1060. The van der Waals surface area contributed by atoms with Crippen molar-refractivity contribution in [3.05, 3.63) is 77.3 Å². The number of nitrogens with zero attached hydrogens (tertiary/aromatic N) is 1. The Balaban J connectivity index is 0.00000168. The first-order chi connectivity index (χ1) is 19.5. The quantitative estimate of drug-likeness (QED) is 0.113. The molecular weight excluding hydrogens is 729 g/mol. The average molecular weight is 780 g/mol. The molecule has 2 rings (SSSR count). The van der Waals surface area contributed by atoms with E-state index in [0.29, 0.717) is 0 Å². The van der Waals surface area contributed by atoms with Gasteiger partial charge < -0.3 is 35.7 Å². The standard InChI is InChI=1S/C27H39NO6.C6H12N2.Pt/c1-20(11-8-14-23-22(3)13-9-15-27(23,4)5)10-7-12-21(2)19-34-26(33)18-28(6,16-24(29)30)17-25(31)32;7-5-3-1-2-4-6(5)8;/h7-8,10-12,14H,6,9,13,15-19H2,1-5H3,(H,29,30)(H,31,32);5-8H,1-4H2;/q;-2;/p-1/b10-7+,14-8+,20-11+,21-12+;;/t;5-,6-;/m.1./s1. The molecule has 3 N–H and O–H groups in total. The molecule has 0 aromatic carbocycles. The number of quaternary nitrogens is 1. The summed E-state index contributed by atoms with van der Waals surface area (Å²) in [5.41, 5.74) is 19.5. The maximum Gasteiger partial charge on any atom is 0.359 e. The summed E-state index contributed by atoms with van der Waals surface area (Å²) >= 11 is 0. The van der Waals surface area contributed by atoms with E-state index in [1.807, 2.05) is 25.2 Å². The van der Waals surface area contributed by atoms with Crippen LogP contribution in [0.4, 0.5) is 0 Å². The molecule has 0 aromatic rings. The van der Waals surface area contributed by atoms with Crippen LogP contribution >= 0.6 is 0 Å². The van der Waals surface area contributed by atoms with Crippen molar-refractivity contribution >= 4 is 17.9 Å². The van der Waals surface area contributed by atoms with Gasteiger partial charge in [-0.25, -0.2) is 9.59 Å². The zero-order valence-corrected chi connectivity index (χ0v) is 28.6. The van der Waals surface area contributed by atoms with Gasteiger partial charge >= 0.3 is 11.9 Å². The molecule has 1 fully saturated rings. The van der Waals surface area contributed by atoms with Gasteiger partial charge in [-0.05, 0) is 56.6 Å². The van der Waals surface area contributed by atoms with Crippen LogP contribution in [-0.2, 0) is 40.2 Å². The van der Waals surface area contributed by atoms with Crippen LogP contribution in [-0.4, -0.2) is 65.8 Å². The fourth-order valence-electron chi connectivity index (χ4n) is 5.15. The Morgan fingerprint density at radius 1 is 1.05 bits per heavy atom. The minimum atomic E-state index is -1.49. The van der Waals surface area contributed by atoms with E-state index in [9.17, 15) is 19.5 Å². The van der Waals surface area contributed by atoms with Crippen molar-refractivity contribution in [1.29, 1.82) is 0 Å². The maximum absolute atomic E-state index is 12.1. The molecule has 0 bridgehead atoms. The number of rotatable bonds is 12. The van der Waals surface area contributed by atoms with Gasteiger partial charge in [0.15, 0.2) is 13.1 Å².